The Morgan fingerprint density at radius 2 is 1.73 bits per heavy atom. The van der Waals surface area contributed by atoms with Gasteiger partial charge in [0.2, 0.25) is 0 Å². The summed E-state index contributed by atoms with van der Waals surface area (Å²) in [5.41, 5.74) is 2.62. The molecule has 0 saturated carbocycles. The molecule has 0 radical (unpaired) electrons. The van der Waals surface area contributed by atoms with Gasteiger partial charge in [0.1, 0.15) is 5.75 Å². The van der Waals surface area contributed by atoms with Crippen LogP contribution in [0, 0.1) is 0 Å². The van der Waals surface area contributed by atoms with E-state index in [1.54, 1.807) is 7.11 Å². The standard InChI is InChI=1S/C19H21NO2/c1-22-17-10-8-15(9-11-17)19(21)18-7-3-2-6-16(18)14-20-12-4-5-13-20/h2-3,6-11H,4-5,12-14H2,1H3. The first-order chi connectivity index (χ1) is 10.8. The van der Waals surface area contributed by atoms with Crippen molar-refractivity contribution in [3.63, 3.8) is 0 Å². The molecule has 1 fully saturated rings. The summed E-state index contributed by atoms with van der Waals surface area (Å²) in [4.78, 5) is 15.2. The topological polar surface area (TPSA) is 29.5 Å². The van der Waals surface area contributed by atoms with Crippen LogP contribution in [-0.2, 0) is 6.54 Å². The fourth-order valence-electron chi connectivity index (χ4n) is 2.96. The molecule has 3 heteroatoms. The fraction of sp³-hybridized carbons (Fsp3) is 0.316. The monoisotopic (exact) mass is 295 g/mol. The van der Waals surface area contributed by atoms with Gasteiger partial charge in [-0.05, 0) is 55.8 Å². The van der Waals surface area contributed by atoms with Crippen molar-refractivity contribution in [1.82, 2.24) is 4.90 Å². The molecule has 0 amide bonds. The second kappa shape index (κ2) is 6.75. The first-order valence-corrected chi connectivity index (χ1v) is 7.77. The summed E-state index contributed by atoms with van der Waals surface area (Å²) in [5, 5.41) is 0. The Morgan fingerprint density at radius 1 is 1.05 bits per heavy atom. The molecule has 0 unspecified atom stereocenters. The van der Waals surface area contributed by atoms with Crippen LogP contribution in [0.1, 0.15) is 34.3 Å². The van der Waals surface area contributed by atoms with Crippen LogP contribution < -0.4 is 4.74 Å². The number of carbonyl (C=O) groups is 1. The summed E-state index contributed by atoms with van der Waals surface area (Å²) in [5.74, 6) is 0.847. The van der Waals surface area contributed by atoms with Crippen LogP contribution in [0.4, 0.5) is 0 Å². The van der Waals surface area contributed by atoms with Gasteiger partial charge < -0.3 is 4.74 Å². The maximum atomic E-state index is 12.8. The zero-order valence-electron chi connectivity index (χ0n) is 12.9. The van der Waals surface area contributed by atoms with Gasteiger partial charge in [0.15, 0.2) is 5.78 Å². The minimum Gasteiger partial charge on any atom is -0.497 e. The van der Waals surface area contributed by atoms with Crippen molar-refractivity contribution in [3.8, 4) is 5.75 Å². The Morgan fingerprint density at radius 3 is 2.41 bits per heavy atom. The normalized spacial score (nSPS) is 15.0. The molecule has 22 heavy (non-hydrogen) atoms. The molecule has 3 nitrogen and oxygen atoms in total. The van der Waals surface area contributed by atoms with Crippen LogP contribution in [0.5, 0.6) is 5.75 Å². The van der Waals surface area contributed by atoms with E-state index < -0.39 is 0 Å². The summed E-state index contributed by atoms with van der Waals surface area (Å²) >= 11 is 0. The molecule has 1 saturated heterocycles. The smallest absolute Gasteiger partial charge is 0.193 e. The molecular formula is C19H21NO2. The van der Waals surface area contributed by atoms with Crippen molar-refractivity contribution in [1.29, 1.82) is 0 Å². The largest absolute Gasteiger partial charge is 0.497 e. The molecule has 2 aromatic carbocycles. The third-order valence-corrected chi connectivity index (χ3v) is 4.21. The molecule has 0 aliphatic carbocycles. The Kier molecular flexibility index (Phi) is 4.54. The number of ketones is 1. The van der Waals surface area contributed by atoms with E-state index >= 15 is 0 Å². The highest BCUT2D eigenvalue weighted by atomic mass is 16.5. The summed E-state index contributed by atoms with van der Waals surface area (Å²) in [7, 11) is 1.63. The average Bonchev–Trinajstić information content (AvgIpc) is 3.08. The van der Waals surface area contributed by atoms with Gasteiger partial charge in [-0.2, -0.15) is 0 Å². The van der Waals surface area contributed by atoms with Crippen LogP contribution in [0.25, 0.3) is 0 Å². The molecule has 114 valence electrons. The number of nitrogens with zero attached hydrogens (tertiary/aromatic N) is 1. The molecule has 0 aromatic heterocycles. The molecular weight excluding hydrogens is 274 g/mol. The van der Waals surface area contributed by atoms with E-state index in [2.05, 4.69) is 11.0 Å². The lowest BCUT2D eigenvalue weighted by molar-refractivity contribution is 0.103. The van der Waals surface area contributed by atoms with Gasteiger partial charge in [-0.15, -0.1) is 0 Å². The van der Waals surface area contributed by atoms with Crippen LogP contribution in [0.15, 0.2) is 48.5 Å². The average molecular weight is 295 g/mol. The lowest BCUT2D eigenvalue weighted by Gasteiger charge is -2.17. The van der Waals surface area contributed by atoms with Crippen molar-refractivity contribution < 1.29 is 9.53 Å². The molecule has 0 atom stereocenters. The fourth-order valence-corrected chi connectivity index (χ4v) is 2.96. The maximum Gasteiger partial charge on any atom is 0.193 e. The zero-order valence-corrected chi connectivity index (χ0v) is 12.9. The van der Waals surface area contributed by atoms with Gasteiger partial charge >= 0.3 is 0 Å². The Balaban J connectivity index is 1.84. The van der Waals surface area contributed by atoms with Crippen molar-refractivity contribution in [2.45, 2.75) is 19.4 Å². The highest BCUT2D eigenvalue weighted by Gasteiger charge is 2.17. The van der Waals surface area contributed by atoms with E-state index in [1.807, 2.05) is 42.5 Å². The predicted molar refractivity (Wildman–Crippen MR) is 87.4 cm³/mol. The second-order valence-corrected chi connectivity index (χ2v) is 5.70. The number of likely N-dealkylation sites (tertiary alicyclic amines) is 1. The number of ether oxygens (including phenoxy) is 1. The SMILES string of the molecule is COc1ccc(C(=O)c2ccccc2CN2CCCC2)cc1. The maximum absolute atomic E-state index is 12.8. The minimum absolute atomic E-state index is 0.0810. The number of benzene rings is 2. The third-order valence-electron chi connectivity index (χ3n) is 4.21. The molecule has 1 aliphatic rings. The van der Waals surface area contributed by atoms with E-state index in [0.717, 1.165) is 36.5 Å². The van der Waals surface area contributed by atoms with E-state index in [4.69, 9.17) is 4.74 Å². The molecule has 0 spiro atoms. The molecule has 1 heterocycles. The number of hydrogen-bond donors (Lipinski definition) is 0. The Hall–Kier alpha value is -2.13. The number of rotatable bonds is 5. The predicted octanol–water partition coefficient (Wildman–Crippen LogP) is 3.52. The number of hydrogen-bond acceptors (Lipinski definition) is 3. The zero-order chi connectivity index (χ0) is 15.4. The van der Waals surface area contributed by atoms with Crippen molar-refractivity contribution in [3.05, 3.63) is 65.2 Å². The van der Waals surface area contributed by atoms with Crippen LogP contribution in [0.3, 0.4) is 0 Å². The molecule has 0 N–H and O–H groups in total. The summed E-state index contributed by atoms with van der Waals surface area (Å²) in [6.45, 7) is 3.12. The highest BCUT2D eigenvalue weighted by Crippen LogP contribution is 2.20. The molecule has 1 aliphatic heterocycles. The first kappa shape index (κ1) is 14.8. The Labute approximate surface area is 131 Å². The van der Waals surface area contributed by atoms with E-state index in [0.29, 0.717) is 5.56 Å². The van der Waals surface area contributed by atoms with Crippen LogP contribution >= 0.6 is 0 Å². The van der Waals surface area contributed by atoms with Gasteiger partial charge in [0.25, 0.3) is 0 Å². The van der Waals surface area contributed by atoms with E-state index in [1.165, 1.54) is 12.8 Å². The van der Waals surface area contributed by atoms with Crippen molar-refractivity contribution in [2.75, 3.05) is 20.2 Å². The van der Waals surface area contributed by atoms with Crippen LogP contribution in [-0.4, -0.2) is 30.9 Å². The third kappa shape index (κ3) is 3.20. The molecule has 3 rings (SSSR count). The van der Waals surface area contributed by atoms with E-state index in [9.17, 15) is 4.79 Å². The van der Waals surface area contributed by atoms with Gasteiger partial charge in [-0.3, -0.25) is 9.69 Å². The highest BCUT2D eigenvalue weighted by molar-refractivity contribution is 6.09. The number of methoxy groups -OCH3 is 1. The Bertz CT molecular complexity index is 643. The summed E-state index contributed by atoms with van der Waals surface area (Å²) in [6, 6.07) is 15.3. The van der Waals surface area contributed by atoms with Gasteiger partial charge in [0, 0.05) is 17.7 Å². The second-order valence-electron chi connectivity index (χ2n) is 5.70. The lowest BCUT2D eigenvalue weighted by atomic mass is 9.98. The summed E-state index contributed by atoms with van der Waals surface area (Å²) < 4.78 is 5.15. The molecule has 2 aromatic rings. The molecule has 0 bridgehead atoms. The summed E-state index contributed by atoms with van der Waals surface area (Å²) in [6.07, 6.45) is 2.52. The van der Waals surface area contributed by atoms with Gasteiger partial charge in [-0.1, -0.05) is 24.3 Å². The lowest BCUT2D eigenvalue weighted by Crippen LogP contribution is -2.20. The minimum atomic E-state index is 0.0810. The van der Waals surface area contributed by atoms with Crippen LogP contribution in [0.2, 0.25) is 0 Å². The van der Waals surface area contributed by atoms with E-state index in [-0.39, 0.29) is 5.78 Å². The van der Waals surface area contributed by atoms with Gasteiger partial charge in [-0.25, -0.2) is 0 Å². The quantitative estimate of drug-likeness (QED) is 0.790. The van der Waals surface area contributed by atoms with Crippen molar-refractivity contribution in [2.24, 2.45) is 0 Å². The van der Waals surface area contributed by atoms with Crippen molar-refractivity contribution >= 4 is 5.78 Å². The first-order valence-electron chi connectivity index (χ1n) is 7.77. The van der Waals surface area contributed by atoms with Gasteiger partial charge in [0.05, 0.1) is 7.11 Å². The number of carbonyl (C=O) groups excluding carboxylic acids is 1.